The Labute approximate surface area is 219 Å². The van der Waals surface area contributed by atoms with Crippen LogP contribution in [0.1, 0.15) is 70.8 Å². The maximum atomic E-state index is 13.3. The fourth-order valence-electron chi connectivity index (χ4n) is 7.81. The summed E-state index contributed by atoms with van der Waals surface area (Å²) in [6.07, 6.45) is 9.53. The fraction of sp³-hybridized carbons (Fsp3) is 0.484. The Morgan fingerprint density at radius 2 is 1.78 bits per heavy atom. The molecule has 3 N–H and O–H groups in total. The van der Waals surface area contributed by atoms with E-state index in [0.29, 0.717) is 18.8 Å². The standard InChI is InChI=1S/C31H38N4O2/c1-20(2)12-24(8-11-29(36)34-31-17-21-13-22(18-31)15-23(14-21)19-31)35-28-16-26(9-10-27(28)33-30(35)32)37-25-6-4-3-5-7-25/h3-7,9-10,16,21-24H,1,8,11-15,17-19H2,2H3,(H2,32,33)(H,34,36). The molecular formula is C31H38N4O2. The van der Waals surface area contributed by atoms with Crippen molar-refractivity contribution in [3.8, 4) is 11.5 Å². The van der Waals surface area contributed by atoms with E-state index in [4.69, 9.17) is 10.5 Å². The predicted molar refractivity (Wildman–Crippen MR) is 147 cm³/mol. The highest BCUT2D eigenvalue weighted by atomic mass is 16.5. The number of benzene rings is 2. The number of anilines is 1. The van der Waals surface area contributed by atoms with Crippen molar-refractivity contribution in [3.63, 3.8) is 0 Å². The number of hydrogen-bond acceptors (Lipinski definition) is 4. The van der Waals surface area contributed by atoms with Crippen molar-refractivity contribution in [1.82, 2.24) is 14.9 Å². The Kier molecular flexibility index (Phi) is 6.21. The number of hydrogen-bond donors (Lipinski definition) is 2. The van der Waals surface area contributed by atoms with Crippen LogP contribution >= 0.6 is 0 Å². The maximum absolute atomic E-state index is 13.3. The molecule has 6 heteroatoms. The average Bonchev–Trinajstić information content (AvgIpc) is 3.16. The molecule has 0 aliphatic heterocycles. The molecule has 4 fully saturated rings. The van der Waals surface area contributed by atoms with Gasteiger partial charge in [0.15, 0.2) is 0 Å². The molecule has 0 spiro atoms. The highest BCUT2D eigenvalue weighted by Gasteiger charge is 2.51. The molecule has 2 aromatic carbocycles. The van der Waals surface area contributed by atoms with Crippen LogP contribution in [0.15, 0.2) is 60.7 Å². The Balaban J connectivity index is 1.20. The van der Waals surface area contributed by atoms with Gasteiger partial charge in [-0.2, -0.15) is 0 Å². The Bertz CT molecular complexity index is 1280. The van der Waals surface area contributed by atoms with Crippen LogP contribution in [0.3, 0.4) is 0 Å². The van der Waals surface area contributed by atoms with Crippen LogP contribution in [-0.4, -0.2) is 21.0 Å². The molecule has 1 aromatic heterocycles. The number of ether oxygens (including phenoxy) is 1. The van der Waals surface area contributed by atoms with Gasteiger partial charge in [-0.15, -0.1) is 6.58 Å². The summed E-state index contributed by atoms with van der Waals surface area (Å²) < 4.78 is 8.15. The van der Waals surface area contributed by atoms with Crippen molar-refractivity contribution >= 4 is 22.9 Å². The molecule has 0 radical (unpaired) electrons. The number of nitrogen functional groups attached to an aromatic ring is 1. The van der Waals surface area contributed by atoms with E-state index in [1.165, 1.54) is 38.5 Å². The minimum atomic E-state index is -0.00316. The summed E-state index contributed by atoms with van der Waals surface area (Å²) in [5.41, 5.74) is 9.29. The van der Waals surface area contributed by atoms with Gasteiger partial charge in [-0.05, 0) is 100 Å². The Morgan fingerprint density at radius 3 is 2.43 bits per heavy atom. The summed E-state index contributed by atoms with van der Waals surface area (Å²) in [7, 11) is 0. The molecule has 0 saturated heterocycles. The van der Waals surface area contributed by atoms with Crippen molar-refractivity contribution in [2.45, 2.75) is 76.3 Å². The lowest BCUT2D eigenvalue weighted by atomic mass is 9.53. The first-order chi connectivity index (χ1) is 17.9. The van der Waals surface area contributed by atoms with E-state index in [-0.39, 0.29) is 17.5 Å². The molecule has 7 rings (SSSR count). The minimum Gasteiger partial charge on any atom is -0.457 e. The lowest BCUT2D eigenvalue weighted by molar-refractivity contribution is -0.127. The molecule has 4 aliphatic rings. The number of amides is 1. The molecule has 37 heavy (non-hydrogen) atoms. The lowest BCUT2D eigenvalue weighted by Gasteiger charge is -2.57. The SMILES string of the molecule is C=C(C)CC(CCC(=O)NC12CC3CC(CC(C3)C1)C2)n1c(N)nc2ccc(Oc3ccccc3)cc21. The Hall–Kier alpha value is -3.28. The monoisotopic (exact) mass is 498 g/mol. The van der Waals surface area contributed by atoms with E-state index in [1.807, 2.05) is 55.5 Å². The van der Waals surface area contributed by atoms with Gasteiger partial charge in [0.05, 0.1) is 11.0 Å². The zero-order valence-corrected chi connectivity index (χ0v) is 21.8. The van der Waals surface area contributed by atoms with Gasteiger partial charge in [-0.1, -0.05) is 23.8 Å². The number of allylic oxidation sites excluding steroid dienone is 1. The van der Waals surface area contributed by atoms with Gasteiger partial charge in [0, 0.05) is 24.1 Å². The molecule has 1 atom stereocenters. The smallest absolute Gasteiger partial charge is 0.220 e. The van der Waals surface area contributed by atoms with E-state index >= 15 is 0 Å². The highest BCUT2D eigenvalue weighted by Crippen LogP contribution is 2.55. The number of fused-ring (bicyclic) bond motifs is 1. The summed E-state index contributed by atoms with van der Waals surface area (Å²) >= 11 is 0. The molecule has 4 bridgehead atoms. The van der Waals surface area contributed by atoms with Crippen LogP contribution < -0.4 is 15.8 Å². The summed E-state index contributed by atoms with van der Waals surface area (Å²) in [6, 6.07) is 15.6. The van der Waals surface area contributed by atoms with Crippen LogP contribution in [0.5, 0.6) is 11.5 Å². The third-order valence-electron chi connectivity index (χ3n) is 8.76. The molecule has 1 heterocycles. The van der Waals surface area contributed by atoms with Crippen LogP contribution in [0.2, 0.25) is 0 Å². The van der Waals surface area contributed by atoms with E-state index in [9.17, 15) is 4.79 Å². The van der Waals surface area contributed by atoms with Gasteiger partial charge in [0.1, 0.15) is 11.5 Å². The number of para-hydroxylation sites is 1. The summed E-state index contributed by atoms with van der Waals surface area (Å²) in [5.74, 6) is 4.57. The zero-order chi connectivity index (χ0) is 25.6. The molecule has 194 valence electrons. The number of nitrogens with two attached hydrogens (primary N) is 1. The van der Waals surface area contributed by atoms with Gasteiger partial charge in [-0.3, -0.25) is 4.79 Å². The number of carbonyl (C=O) groups is 1. The number of rotatable bonds is 9. The number of nitrogens with zero attached hydrogens (tertiary/aromatic N) is 2. The first-order valence-corrected chi connectivity index (χ1v) is 13.8. The van der Waals surface area contributed by atoms with E-state index in [2.05, 4.69) is 21.4 Å². The lowest BCUT2D eigenvalue weighted by Crippen LogP contribution is -2.59. The number of nitrogens with one attached hydrogen (secondary N) is 1. The molecule has 4 saturated carbocycles. The predicted octanol–water partition coefficient (Wildman–Crippen LogP) is 6.78. The summed E-state index contributed by atoms with van der Waals surface area (Å²) in [4.78, 5) is 17.9. The fourth-order valence-corrected chi connectivity index (χ4v) is 7.81. The third-order valence-corrected chi connectivity index (χ3v) is 8.76. The van der Waals surface area contributed by atoms with Crippen molar-refractivity contribution < 1.29 is 9.53 Å². The van der Waals surface area contributed by atoms with Crippen LogP contribution in [-0.2, 0) is 4.79 Å². The van der Waals surface area contributed by atoms with Crippen molar-refractivity contribution in [2.75, 3.05) is 5.73 Å². The van der Waals surface area contributed by atoms with E-state index in [1.54, 1.807) is 0 Å². The molecule has 3 aromatic rings. The minimum absolute atomic E-state index is 0.00316. The van der Waals surface area contributed by atoms with Crippen molar-refractivity contribution in [1.29, 1.82) is 0 Å². The largest absolute Gasteiger partial charge is 0.457 e. The zero-order valence-electron chi connectivity index (χ0n) is 21.8. The van der Waals surface area contributed by atoms with Crippen LogP contribution in [0.4, 0.5) is 5.95 Å². The maximum Gasteiger partial charge on any atom is 0.220 e. The molecule has 4 aliphatic carbocycles. The average molecular weight is 499 g/mol. The van der Waals surface area contributed by atoms with Crippen LogP contribution in [0.25, 0.3) is 11.0 Å². The van der Waals surface area contributed by atoms with Gasteiger partial charge >= 0.3 is 0 Å². The second kappa shape index (κ2) is 9.55. The summed E-state index contributed by atoms with van der Waals surface area (Å²) in [5, 5.41) is 3.53. The quantitative estimate of drug-likeness (QED) is 0.319. The molecule has 1 unspecified atom stereocenters. The first-order valence-electron chi connectivity index (χ1n) is 13.8. The van der Waals surface area contributed by atoms with E-state index in [0.717, 1.165) is 52.3 Å². The number of carbonyl (C=O) groups excluding carboxylic acids is 1. The van der Waals surface area contributed by atoms with Crippen LogP contribution in [0, 0.1) is 17.8 Å². The van der Waals surface area contributed by atoms with Crippen molar-refractivity contribution in [2.24, 2.45) is 17.8 Å². The number of aromatic nitrogens is 2. The molecular weight excluding hydrogens is 460 g/mol. The van der Waals surface area contributed by atoms with Crippen molar-refractivity contribution in [3.05, 3.63) is 60.7 Å². The van der Waals surface area contributed by atoms with Gasteiger partial charge < -0.3 is 20.4 Å². The molecule has 6 nitrogen and oxygen atoms in total. The normalized spacial score (nSPS) is 26.8. The van der Waals surface area contributed by atoms with Gasteiger partial charge in [0.2, 0.25) is 11.9 Å². The number of imidazole rings is 1. The second-order valence-corrected chi connectivity index (χ2v) is 12.0. The van der Waals surface area contributed by atoms with E-state index < -0.39 is 0 Å². The van der Waals surface area contributed by atoms with Gasteiger partial charge in [-0.25, -0.2) is 4.98 Å². The summed E-state index contributed by atoms with van der Waals surface area (Å²) in [6.45, 7) is 6.19. The first kappa shape index (κ1) is 24.1. The topological polar surface area (TPSA) is 82.2 Å². The Morgan fingerprint density at radius 1 is 1.11 bits per heavy atom. The highest BCUT2D eigenvalue weighted by molar-refractivity contribution is 5.80. The molecule has 1 amide bonds. The van der Waals surface area contributed by atoms with Gasteiger partial charge in [0.25, 0.3) is 0 Å². The third kappa shape index (κ3) is 4.98. The second-order valence-electron chi connectivity index (χ2n) is 12.0.